The van der Waals surface area contributed by atoms with E-state index in [1.54, 1.807) is 24.3 Å². The van der Waals surface area contributed by atoms with Gasteiger partial charge >= 0.3 is 0 Å². The van der Waals surface area contributed by atoms with Crippen LogP contribution in [0, 0.1) is 0 Å². The molecule has 28 heavy (non-hydrogen) atoms. The van der Waals surface area contributed by atoms with Crippen LogP contribution in [-0.2, 0) is 11.2 Å². The summed E-state index contributed by atoms with van der Waals surface area (Å²) in [4.78, 5) is 24.7. The molecule has 0 spiro atoms. The lowest BCUT2D eigenvalue weighted by atomic mass is 10.0. The lowest BCUT2D eigenvalue weighted by Gasteiger charge is -2.14. The zero-order chi connectivity index (χ0) is 19.9. The molecule has 0 aliphatic heterocycles. The van der Waals surface area contributed by atoms with E-state index in [1.165, 1.54) is 0 Å². The van der Waals surface area contributed by atoms with Gasteiger partial charge in [-0.05, 0) is 47.4 Å². The van der Waals surface area contributed by atoms with E-state index in [2.05, 4.69) is 24.5 Å². The van der Waals surface area contributed by atoms with E-state index in [-0.39, 0.29) is 11.8 Å². The number of nitrogens with one attached hydrogen (secondary N) is 2. The van der Waals surface area contributed by atoms with Crippen LogP contribution in [0.3, 0.4) is 0 Å². The largest absolute Gasteiger partial charge is 0.326 e. The molecule has 0 heterocycles. The summed E-state index contributed by atoms with van der Waals surface area (Å²) in [5.41, 5.74) is 4.09. The predicted molar refractivity (Wildman–Crippen MR) is 114 cm³/mol. The summed E-state index contributed by atoms with van der Waals surface area (Å²) in [7, 11) is 0. The fourth-order valence-electron chi connectivity index (χ4n) is 3.00. The second-order valence-corrected chi connectivity index (χ2v) is 6.98. The van der Waals surface area contributed by atoms with Crippen molar-refractivity contribution in [1.82, 2.24) is 0 Å². The predicted octanol–water partition coefficient (Wildman–Crippen LogP) is 5.24. The molecule has 2 N–H and O–H groups in total. The Kier molecular flexibility index (Phi) is 6.22. The summed E-state index contributed by atoms with van der Waals surface area (Å²) in [6, 6.07) is 24.3. The Morgan fingerprint density at radius 2 is 1.43 bits per heavy atom. The summed E-state index contributed by atoms with van der Waals surface area (Å²) in [6.07, 6.45) is 0.315. The van der Waals surface area contributed by atoms with Crippen molar-refractivity contribution in [2.24, 2.45) is 0 Å². The number of hydrogen-bond donors (Lipinski definition) is 2. The van der Waals surface area contributed by atoms with Gasteiger partial charge in [-0.2, -0.15) is 0 Å². The minimum atomic E-state index is -0.171. The molecule has 0 radical (unpaired) electrons. The molecule has 0 aromatic heterocycles. The molecule has 2 amide bonds. The van der Waals surface area contributed by atoms with E-state index in [0.29, 0.717) is 23.6 Å². The smallest absolute Gasteiger partial charge is 0.255 e. The molecular weight excluding hydrogens is 348 g/mol. The minimum Gasteiger partial charge on any atom is -0.326 e. The van der Waals surface area contributed by atoms with Gasteiger partial charge in [-0.1, -0.05) is 62.4 Å². The average molecular weight is 372 g/mol. The highest BCUT2D eigenvalue weighted by Gasteiger charge is 2.11. The molecule has 0 saturated heterocycles. The van der Waals surface area contributed by atoms with E-state index in [4.69, 9.17) is 0 Å². The van der Waals surface area contributed by atoms with Crippen LogP contribution in [0.5, 0.6) is 0 Å². The third kappa shape index (κ3) is 5.07. The minimum absolute atomic E-state index is 0.0886. The number of rotatable bonds is 6. The maximum absolute atomic E-state index is 12.6. The van der Waals surface area contributed by atoms with Gasteiger partial charge in [0.05, 0.1) is 6.42 Å². The molecule has 142 valence electrons. The Morgan fingerprint density at radius 3 is 2.11 bits per heavy atom. The number of para-hydroxylation sites is 1. The van der Waals surface area contributed by atoms with Gasteiger partial charge in [0.1, 0.15) is 0 Å². The van der Waals surface area contributed by atoms with E-state index < -0.39 is 0 Å². The highest BCUT2D eigenvalue weighted by Crippen LogP contribution is 2.24. The molecule has 0 bridgehead atoms. The molecule has 3 aromatic carbocycles. The van der Waals surface area contributed by atoms with Gasteiger partial charge in [-0.15, -0.1) is 0 Å². The first-order chi connectivity index (χ1) is 13.5. The van der Waals surface area contributed by atoms with Crippen molar-refractivity contribution in [2.75, 3.05) is 10.6 Å². The molecule has 0 atom stereocenters. The zero-order valence-electron chi connectivity index (χ0n) is 16.1. The van der Waals surface area contributed by atoms with Gasteiger partial charge in [-0.25, -0.2) is 0 Å². The number of hydrogen-bond acceptors (Lipinski definition) is 2. The maximum Gasteiger partial charge on any atom is 0.255 e. The van der Waals surface area contributed by atoms with Crippen molar-refractivity contribution in [2.45, 2.75) is 26.2 Å². The monoisotopic (exact) mass is 372 g/mol. The van der Waals surface area contributed by atoms with Crippen molar-refractivity contribution in [3.8, 4) is 0 Å². The standard InChI is InChI=1S/C24H24N2O2/c1-17(2)21-10-6-7-11-22(21)26-24(28)19-12-14-20(15-13-19)25-23(27)16-18-8-4-3-5-9-18/h3-15,17H,16H2,1-2H3,(H,25,27)(H,26,28). The lowest BCUT2D eigenvalue weighted by Crippen LogP contribution is -2.15. The first kappa shape index (κ1) is 19.4. The van der Waals surface area contributed by atoms with Crippen LogP contribution in [0.15, 0.2) is 78.9 Å². The van der Waals surface area contributed by atoms with Crippen molar-refractivity contribution in [3.05, 3.63) is 95.6 Å². The van der Waals surface area contributed by atoms with Crippen LogP contribution >= 0.6 is 0 Å². The summed E-state index contributed by atoms with van der Waals surface area (Å²) >= 11 is 0. The molecule has 3 aromatic rings. The van der Waals surface area contributed by atoms with Crippen LogP contribution in [0.4, 0.5) is 11.4 Å². The number of amides is 2. The fraction of sp³-hybridized carbons (Fsp3) is 0.167. The Hall–Kier alpha value is -3.40. The summed E-state index contributed by atoms with van der Waals surface area (Å²) in [6.45, 7) is 4.19. The fourth-order valence-corrected chi connectivity index (χ4v) is 3.00. The lowest BCUT2D eigenvalue weighted by molar-refractivity contribution is -0.115. The number of benzene rings is 3. The molecule has 4 nitrogen and oxygen atoms in total. The second kappa shape index (κ2) is 9.00. The third-order valence-corrected chi connectivity index (χ3v) is 4.47. The molecular formula is C24H24N2O2. The van der Waals surface area contributed by atoms with Gasteiger partial charge in [0.2, 0.25) is 5.91 Å². The van der Waals surface area contributed by atoms with Gasteiger partial charge in [0, 0.05) is 16.9 Å². The topological polar surface area (TPSA) is 58.2 Å². The third-order valence-electron chi connectivity index (χ3n) is 4.47. The molecule has 0 aliphatic rings. The Labute approximate surface area is 165 Å². The molecule has 0 fully saturated rings. The second-order valence-electron chi connectivity index (χ2n) is 6.98. The zero-order valence-corrected chi connectivity index (χ0v) is 16.1. The van der Waals surface area contributed by atoms with Gasteiger partial charge < -0.3 is 10.6 Å². The van der Waals surface area contributed by atoms with Gasteiger partial charge in [0.15, 0.2) is 0 Å². The normalized spacial score (nSPS) is 10.5. The molecule has 3 rings (SSSR count). The van der Waals surface area contributed by atoms with E-state index in [9.17, 15) is 9.59 Å². The highest BCUT2D eigenvalue weighted by molar-refractivity contribution is 6.05. The van der Waals surface area contributed by atoms with E-state index in [0.717, 1.165) is 16.8 Å². The highest BCUT2D eigenvalue weighted by atomic mass is 16.2. The Morgan fingerprint density at radius 1 is 0.786 bits per heavy atom. The Bertz CT molecular complexity index is 948. The van der Waals surface area contributed by atoms with Crippen molar-refractivity contribution >= 4 is 23.2 Å². The molecule has 0 saturated carbocycles. The summed E-state index contributed by atoms with van der Waals surface area (Å²) in [5.74, 6) is 0.0585. The molecule has 0 aliphatic carbocycles. The number of carbonyl (C=O) groups is 2. The van der Waals surface area contributed by atoms with Crippen molar-refractivity contribution in [3.63, 3.8) is 0 Å². The summed E-state index contributed by atoms with van der Waals surface area (Å²) in [5, 5.41) is 5.83. The van der Waals surface area contributed by atoms with Crippen molar-refractivity contribution < 1.29 is 9.59 Å². The summed E-state index contributed by atoms with van der Waals surface area (Å²) < 4.78 is 0. The van der Waals surface area contributed by atoms with Crippen LogP contribution in [-0.4, -0.2) is 11.8 Å². The Balaban J connectivity index is 1.62. The van der Waals surface area contributed by atoms with Crippen LogP contribution in [0.1, 0.15) is 41.3 Å². The van der Waals surface area contributed by atoms with Crippen molar-refractivity contribution in [1.29, 1.82) is 0 Å². The maximum atomic E-state index is 12.6. The SMILES string of the molecule is CC(C)c1ccccc1NC(=O)c1ccc(NC(=O)Cc2ccccc2)cc1. The first-order valence-corrected chi connectivity index (χ1v) is 9.37. The van der Waals surface area contributed by atoms with Crippen LogP contribution < -0.4 is 10.6 Å². The van der Waals surface area contributed by atoms with Gasteiger partial charge in [0.25, 0.3) is 5.91 Å². The molecule has 0 unspecified atom stereocenters. The van der Waals surface area contributed by atoms with Gasteiger partial charge in [-0.3, -0.25) is 9.59 Å². The van der Waals surface area contributed by atoms with E-state index >= 15 is 0 Å². The number of carbonyl (C=O) groups excluding carboxylic acids is 2. The number of anilines is 2. The quantitative estimate of drug-likeness (QED) is 0.621. The van der Waals surface area contributed by atoms with Crippen LogP contribution in [0.2, 0.25) is 0 Å². The molecule has 4 heteroatoms. The first-order valence-electron chi connectivity index (χ1n) is 9.37. The van der Waals surface area contributed by atoms with Crippen LogP contribution in [0.25, 0.3) is 0 Å². The average Bonchev–Trinajstić information content (AvgIpc) is 2.69. The van der Waals surface area contributed by atoms with E-state index in [1.807, 2.05) is 54.6 Å².